The van der Waals surface area contributed by atoms with Gasteiger partial charge in [0, 0.05) is 40.4 Å². The summed E-state index contributed by atoms with van der Waals surface area (Å²) in [5, 5.41) is 0. The van der Waals surface area contributed by atoms with Gasteiger partial charge in [0.15, 0.2) is 0 Å². The van der Waals surface area contributed by atoms with Gasteiger partial charge in [-0.2, -0.15) is 4.31 Å². The van der Waals surface area contributed by atoms with Gasteiger partial charge >= 0.3 is 0 Å². The van der Waals surface area contributed by atoms with Crippen LogP contribution in [0.3, 0.4) is 0 Å². The largest absolute Gasteiger partial charge is 0.348 e. The Kier molecular flexibility index (Phi) is 6.38. The Labute approximate surface area is 120 Å². The van der Waals surface area contributed by atoms with Gasteiger partial charge in [0.2, 0.25) is 16.3 Å². The van der Waals surface area contributed by atoms with Crippen molar-refractivity contribution in [3.8, 4) is 0 Å². The highest BCUT2D eigenvalue weighted by Crippen LogP contribution is 2.12. The molecule has 1 saturated heterocycles. The van der Waals surface area contributed by atoms with Crippen molar-refractivity contribution >= 4 is 15.9 Å². The summed E-state index contributed by atoms with van der Waals surface area (Å²) in [5.41, 5.74) is 0. The molecule has 1 aliphatic heterocycles. The summed E-state index contributed by atoms with van der Waals surface area (Å²) in [6, 6.07) is 0. The van der Waals surface area contributed by atoms with E-state index in [1.807, 2.05) is 13.8 Å². The van der Waals surface area contributed by atoms with Crippen LogP contribution in [0.25, 0.3) is 0 Å². The fraction of sp³-hybridized carbons (Fsp3) is 0.917. The molecule has 7 nitrogen and oxygen atoms in total. The average molecular weight is 308 g/mol. The molecule has 20 heavy (non-hydrogen) atoms. The Hall–Kier alpha value is -0.700. The van der Waals surface area contributed by atoms with Gasteiger partial charge in [-0.25, -0.2) is 8.42 Å². The molecule has 0 aromatic carbocycles. The molecule has 1 amide bonds. The number of carbonyl (C=O) groups is 1. The Bertz CT molecular complexity index is 412. The summed E-state index contributed by atoms with van der Waals surface area (Å²) >= 11 is 0. The quantitative estimate of drug-likeness (QED) is 0.632. The van der Waals surface area contributed by atoms with Crippen LogP contribution in [0.2, 0.25) is 0 Å². The van der Waals surface area contributed by atoms with Crippen molar-refractivity contribution in [1.82, 2.24) is 9.21 Å². The number of methoxy groups -OCH3 is 2. The first-order valence-corrected chi connectivity index (χ1v) is 8.25. The number of nitrogens with zero attached hydrogens (tertiary/aromatic N) is 2. The van der Waals surface area contributed by atoms with Gasteiger partial charge in [-0.1, -0.05) is 13.8 Å². The zero-order chi connectivity index (χ0) is 15.3. The van der Waals surface area contributed by atoms with E-state index in [1.165, 1.54) is 18.5 Å². The van der Waals surface area contributed by atoms with E-state index in [0.717, 1.165) is 0 Å². The summed E-state index contributed by atoms with van der Waals surface area (Å²) < 4.78 is 35.5. The molecule has 0 aromatic rings. The first-order chi connectivity index (χ1) is 9.31. The maximum atomic E-state index is 12.1. The second-order valence-corrected chi connectivity index (χ2v) is 7.21. The van der Waals surface area contributed by atoms with Gasteiger partial charge in [0.25, 0.3) is 5.91 Å². The Morgan fingerprint density at radius 3 is 2.00 bits per heavy atom. The van der Waals surface area contributed by atoms with Crippen LogP contribution in [0.15, 0.2) is 0 Å². The van der Waals surface area contributed by atoms with E-state index in [4.69, 9.17) is 9.47 Å². The van der Waals surface area contributed by atoms with Crippen LogP contribution in [0, 0.1) is 5.92 Å². The Morgan fingerprint density at radius 2 is 1.60 bits per heavy atom. The predicted molar refractivity (Wildman–Crippen MR) is 74.6 cm³/mol. The van der Waals surface area contributed by atoms with Crippen molar-refractivity contribution in [2.45, 2.75) is 20.1 Å². The molecular weight excluding hydrogens is 284 g/mol. The molecule has 0 N–H and O–H groups in total. The third kappa shape index (κ3) is 4.41. The monoisotopic (exact) mass is 308 g/mol. The van der Waals surface area contributed by atoms with E-state index in [-0.39, 0.29) is 17.6 Å². The molecule has 0 saturated carbocycles. The number of carbonyl (C=O) groups excluding carboxylic acids is 1. The maximum absolute atomic E-state index is 12.1. The number of piperazine rings is 1. The van der Waals surface area contributed by atoms with Crippen LogP contribution < -0.4 is 0 Å². The van der Waals surface area contributed by atoms with Gasteiger partial charge in [-0.05, 0) is 5.92 Å². The molecule has 0 spiro atoms. The normalized spacial score (nSPS) is 18.0. The molecule has 118 valence electrons. The van der Waals surface area contributed by atoms with Crippen molar-refractivity contribution in [2.75, 3.05) is 46.2 Å². The molecule has 8 heteroatoms. The molecule has 0 aliphatic carbocycles. The Balaban J connectivity index is 2.58. The smallest absolute Gasteiger partial charge is 0.279 e. The van der Waals surface area contributed by atoms with Crippen molar-refractivity contribution in [2.24, 2.45) is 5.92 Å². The zero-order valence-corrected chi connectivity index (χ0v) is 13.4. The molecule has 0 aromatic heterocycles. The summed E-state index contributed by atoms with van der Waals surface area (Å²) in [6.45, 7) is 5.11. The van der Waals surface area contributed by atoms with Crippen molar-refractivity contribution in [3.05, 3.63) is 0 Å². The van der Waals surface area contributed by atoms with Crippen LogP contribution in [0.1, 0.15) is 13.8 Å². The molecule has 0 radical (unpaired) electrons. The van der Waals surface area contributed by atoms with Crippen molar-refractivity contribution in [1.29, 1.82) is 0 Å². The third-order valence-corrected chi connectivity index (χ3v) is 5.36. The van der Waals surface area contributed by atoms with Crippen molar-refractivity contribution in [3.63, 3.8) is 0 Å². The van der Waals surface area contributed by atoms with Crippen LogP contribution in [-0.4, -0.2) is 76.0 Å². The Morgan fingerprint density at radius 1 is 1.10 bits per heavy atom. The number of ether oxygens (including phenoxy) is 2. The molecule has 1 fully saturated rings. The molecule has 0 bridgehead atoms. The van der Waals surface area contributed by atoms with E-state index in [9.17, 15) is 13.2 Å². The fourth-order valence-corrected chi connectivity index (χ4v) is 3.93. The van der Waals surface area contributed by atoms with Crippen LogP contribution in [-0.2, 0) is 24.3 Å². The zero-order valence-electron chi connectivity index (χ0n) is 12.5. The number of amides is 1. The SMILES string of the molecule is COC(OC)C(=O)N1CCN(S(=O)(=O)CC(C)C)CC1. The lowest BCUT2D eigenvalue weighted by molar-refractivity contribution is -0.171. The number of rotatable bonds is 6. The lowest BCUT2D eigenvalue weighted by Crippen LogP contribution is -2.53. The second-order valence-electron chi connectivity index (χ2n) is 5.20. The molecule has 1 aliphatic rings. The molecule has 0 unspecified atom stereocenters. The average Bonchev–Trinajstić information content (AvgIpc) is 2.38. The number of hydrogen-bond donors (Lipinski definition) is 0. The van der Waals surface area contributed by atoms with E-state index < -0.39 is 16.3 Å². The topological polar surface area (TPSA) is 76.2 Å². The summed E-state index contributed by atoms with van der Waals surface area (Å²) in [4.78, 5) is 13.6. The van der Waals surface area contributed by atoms with Gasteiger partial charge in [-0.15, -0.1) is 0 Å². The minimum Gasteiger partial charge on any atom is -0.348 e. The summed E-state index contributed by atoms with van der Waals surface area (Å²) in [5.74, 6) is -0.0402. The highest BCUT2D eigenvalue weighted by atomic mass is 32.2. The third-order valence-electron chi connectivity index (χ3n) is 3.12. The summed E-state index contributed by atoms with van der Waals surface area (Å²) in [6.07, 6.45) is -0.922. The van der Waals surface area contributed by atoms with Gasteiger partial charge in [0.05, 0.1) is 5.75 Å². The maximum Gasteiger partial charge on any atom is 0.279 e. The van der Waals surface area contributed by atoms with Gasteiger partial charge in [-0.3, -0.25) is 4.79 Å². The minimum atomic E-state index is -3.23. The predicted octanol–water partition coefficient (Wildman–Crippen LogP) is -0.265. The lowest BCUT2D eigenvalue weighted by Gasteiger charge is -2.35. The molecule has 1 rings (SSSR count). The van der Waals surface area contributed by atoms with Crippen molar-refractivity contribution < 1.29 is 22.7 Å². The highest BCUT2D eigenvalue weighted by molar-refractivity contribution is 7.89. The highest BCUT2D eigenvalue weighted by Gasteiger charge is 2.31. The minimum absolute atomic E-state index is 0.0889. The molecule has 0 atom stereocenters. The number of hydrogen-bond acceptors (Lipinski definition) is 5. The molecular formula is C12H24N2O5S. The fourth-order valence-electron chi connectivity index (χ4n) is 2.16. The summed E-state index contributed by atoms with van der Waals surface area (Å²) in [7, 11) is -0.434. The molecule has 1 heterocycles. The number of sulfonamides is 1. The van der Waals surface area contributed by atoms with Crippen LogP contribution in [0.4, 0.5) is 0 Å². The second kappa shape index (κ2) is 7.35. The van der Waals surface area contributed by atoms with E-state index in [0.29, 0.717) is 26.2 Å². The van der Waals surface area contributed by atoms with Gasteiger partial charge in [0.1, 0.15) is 0 Å². The first-order valence-electron chi connectivity index (χ1n) is 6.64. The van der Waals surface area contributed by atoms with Crippen LogP contribution in [0.5, 0.6) is 0 Å². The van der Waals surface area contributed by atoms with Crippen LogP contribution >= 0.6 is 0 Å². The first kappa shape index (κ1) is 17.4. The van der Waals surface area contributed by atoms with Gasteiger partial charge < -0.3 is 14.4 Å². The van der Waals surface area contributed by atoms with E-state index in [2.05, 4.69) is 0 Å². The van der Waals surface area contributed by atoms with E-state index in [1.54, 1.807) is 4.90 Å². The lowest BCUT2D eigenvalue weighted by atomic mass is 10.3. The van der Waals surface area contributed by atoms with E-state index >= 15 is 0 Å². The standard InChI is InChI=1S/C12H24N2O5S/c1-10(2)9-20(16,17)14-7-5-13(6-8-14)11(15)12(18-3)19-4/h10,12H,5-9H2,1-4H3.